The summed E-state index contributed by atoms with van der Waals surface area (Å²) in [7, 11) is 0. The van der Waals surface area contributed by atoms with E-state index < -0.39 is 17.2 Å². The van der Waals surface area contributed by atoms with E-state index in [1.165, 1.54) is 19.9 Å². The lowest BCUT2D eigenvalue weighted by Crippen LogP contribution is -2.40. The van der Waals surface area contributed by atoms with Crippen LogP contribution in [-0.4, -0.2) is 36.1 Å². The number of carboxylic acid groups (broad SMARTS) is 1. The van der Waals surface area contributed by atoms with Crippen molar-refractivity contribution < 1.29 is 19.1 Å². The van der Waals surface area contributed by atoms with E-state index in [4.69, 9.17) is 16.7 Å². The average molecular weight is 343 g/mol. The summed E-state index contributed by atoms with van der Waals surface area (Å²) >= 11 is 5.79. The maximum atomic E-state index is 13.2. The maximum absolute atomic E-state index is 13.2. The van der Waals surface area contributed by atoms with E-state index in [1.54, 1.807) is 12.1 Å². The Morgan fingerprint density at radius 1 is 1.48 bits per heavy atom. The highest BCUT2D eigenvalue weighted by Crippen LogP contribution is 2.26. The van der Waals surface area contributed by atoms with Gasteiger partial charge in [0.2, 0.25) is 5.91 Å². The van der Waals surface area contributed by atoms with Gasteiger partial charge in [0.05, 0.1) is 10.4 Å². The third kappa shape index (κ3) is 4.34. The van der Waals surface area contributed by atoms with Gasteiger partial charge in [-0.05, 0) is 38.5 Å². The summed E-state index contributed by atoms with van der Waals surface area (Å²) < 4.78 is 13.2. The number of carboxylic acids is 1. The second-order valence-electron chi connectivity index (χ2n) is 6.46. The average Bonchev–Trinajstić information content (AvgIpc) is 2.89. The summed E-state index contributed by atoms with van der Waals surface area (Å²) in [6, 6.07) is 4.47. The van der Waals surface area contributed by atoms with Crippen molar-refractivity contribution in [2.75, 3.05) is 18.0 Å². The van der Waals surface area contributed by atoms with Gasteiger partial charge in [0.25, 0.3) is 0 Å². The van der Waals surface area contributed by atoms with Crippen molar-refractivity contribution in [3.63, 3.8) is 0 Å². The van der Waals surface area contributed by atoms with E-state index in [-0.39, 0.29) is 23.4 Å². The predicted octanol–water partition coefficient (Wildman–Crippen LogP) is 2.67. The molecule has 5 nitrogen and oxygen atoms in total. The lowest BCUT2D eigenvalue weighted by molar-refractivity contribution is -0.149. The quantitative estimate of drug-likeness (QED) is 0.863. The van der Waals surface area contributed by atoms with Crippen LogP contribution in [0.1, 0.15) is 26.7 Å². The first-order chi connectivity index (χ1) is 10.7. The smallest absolute Gasteiger partial charge is 0.309 e. The fraction of sp³-hybridized carbons (Fsp3) is 0.500. The van der Waals surface area contributed by atoms with Crippen molar-refractivity contribution in [3.8, 4) is 0 Å². The van der Waals surface area contributed by atoms with Gasteiger partial charge in [0, 0.05) is 31.2 Å². The van der Waals surface area contributed by atoms with Crippen LogP contribution in [0.3, 0.4) is 0 Å². The molecule has 1 heterocycles. The van der Waals surface area contributed by atoms with Gasteiger partial charge < -0.3 is 15.3 Å². The molecule has 1 saturated heterocycles. The molecule has 1 aliphatic heterocycles. The van der Waals surface area contributed by atoms with Crippen LogP contribution in [0.25, 0.3) is 0 Å². The van der Waals surface area contributed by atoms with Crippen LogP contribution in [0.15, 0.2) is 18.2 Å². The minimum atomic E-state index is -1.09. The molecule has 7 heteroatoms. The predicted molar refractivity (Wildman–Crippen MR) is 86.2 cm³/mol. The molecule has 0 spiro atoms. The number of nitrogens with zero attached hydrogens (tertiary/aromatic N) is 1. The third-order valence-corrected chi connectivity index (χ3v) is 4.29. The standard InChI is InChI=1S/C16H20ClFN2O3/c1-16(2,15(22)23)8-14(21)19-10-5-6-20(9-10)11-3-4-13(18)12(17)7-11/h3-4,7,10H,5-6,8-9H2,1-2H3,(H,19,21)(H,22,23). The van der Waals surface area contributed by atoms with Gasteiger partial charge in [-0.2, -0.15) is 0 Å². The molecular formula is C16H20ClFN2O3. The summed E-state index contributed by atoms with van der Waals surface area (Å²) in [5, 5.41) is 12.0. The lowest BCUT2D eigenvalue weighted by Gasteiger charge is -2.21. The molecule has 1 aromatic rings. The Morgan fingerprint density at radius 3 is 2.78 bits per heavy atom. The van der Waals surface area contributed by atoms with Gasteiger partial charge in [0.15, 0.2) is 0 Å². The Balaban J connectivity index is 1.91. The molecule has 1 unspecified atom stereocenters. The first-order valence-electron chi connectivity index (χ1n) is 7.42. The number of amides is 1. The summed E-state index contributed by atoms with van der Waals surface area (Å²) in [4.78, 5) is 25.1. The van der Waals surface area contributed by atoms with Crippen molar-refractivity contribution in [3.05, 3.63) is 29.0 Å². The zero-order valence-corrected chi connectivity index (χ0v) is 13.9. The molecule has 0 saturated carbocycles. The number of aliphatic carboxylic acids is 1. The SMILES string of the molecule is CC(C)(CC(=O)NC1CCN(c2ccc(F)c(Cl)c2)C1)C(=O)O. The topological polar surface area (TPSA) is 69.6 Å². The Morgan fingerprint density at radius 2 is 2.17 bits per heavy atom. The van der Waals surface area contributed by atoms with Crippen LogP contribution < -0.4 is 10.2 Å². The number of hydrogen-bond donors (Lipinski definition) is 2. The van der Waals surface area contributed by atoms with Crippen molar-refractivity contribution in [2.24, 2.45) is 5.41 Å². The Bertz CT molecular complexity index is 621. The number of carbonyl (C=O) groups is 2. The molecule has 1 aliphatic rings. The largest absolute Gasteiger partial charge is 0.481 e. The summed E-state index contributed by atoms with van der Waals surface area (Å²) in [5.74, 6) is -1.74. The van der Waals surface area contributed by atoms with Crippen LogP contribution in [0.2, 0.25) is 5.02 Å². The van der Waals surface area contributed by atoms with Crippen molar-refractivity contribution in [2.45, 2.75) is 32.7 Å². The lowest BCUT2D eigenvalue weighted by atomic mass is 9.89. The zero-order valence-electron chi connectivity index (χ0n) is 13.1. The molecule has 0 radical (unpaired) electrons. The molecule has 1 atom stereocenters. The summed E-state index contributed by atoms with van der Waals surface area (Å²) in [6.45, 7) is 4.35. The van der Waals surface area contributed by atoms with Gasteiger partial charge in [-0.25, -0.2) is 4.39 Å². The molecule has 0 aromatic heterocycles. The molecule has 1 aromatic carbocycles. The minimum absolute atomic E-state index is 0.0593. The van der Waals surface area contributed by atoms with Crippen molar-refractivity contribution in [1.82, 2.24) is 5.32 Å². The number of hydrogen-bond acceptors (Lipinski definition) is 3. The number of nitrogens with one attached hydrogen (secondary N) is 1. The number of rotatable bonds is 5. The fourth-order valence-electron chi connectivity index (χ4n) is 2.55. The Labute approximate surface area is 139 Å². The van der Waals surface area contributed by atoms with Gasteiger partial charge in [-0.3, -0.25) is 9.59 Å². The number of anilines is 1. The van der Waals surface area contributed by atoms with Gasteiger partial charge in [-0.15, -0.1) is 0 Å². The highest BCUT2D eigenvalue weighted by molar-refractivity contribution is 6.31. The summed E-state index contributed by atoms with van der Waals surface area (Å²) in [6.07, 6.45) is 0.676. The zero-order chi connectivity index (χ0) is 17.2. The van der Waals surface area contributed by atoms with Crippen LogP contribution in [0.5, 0.6) is 0 Å². The number of carbonyl (C=O) groups excluding carboxylic acids is 1. The van der Waals surface area contributed by atoms with Crippen molar-refractivity contribution in [1.29, 1.82) is 0 Å². The van der Waals surface area contributed by atoms with Gasteiger partial charge in [0.1, 0.15) is 5.82 Å². The molecule has 1 fully saturated rings. The monoisotopic (exact) mass is 342 g/mol. The van der Waals surface area contributed by atoms with Gasteiger partial charge >= 0.3 is 5.97 Å². The van der Waals surface area contributed by atoms with E-state index in [1.807, 2.05) is 4.90 Å². The second-order valence-corrected chi connectivity index (χ2v) is 6.87. The first kappa shape index (κ1) is 17.5. The highest BCUT2D eigenvalue weighted by Gasteiger charge is 2.32. The minimum Gasteiger partial charge on any atom is -0.481 e. The van der Waals surface area contributed by atoms with E-state index >= 15 is 0 Å². The molecule has 2 rings (SSSR count). The second kappa shape index (κ2) is 6.74. The molecule has 0 bridgehead atoms. The van der Waals surface area contributed by atoms with Crippen LogP contribution in [0, 0.1) is 11.2 Å². The maximum Gasteiger partial charge on any atom is 0.309 e. The molecule has 126 valence electrons. The molecule has 1 amide bonds. The van der Waals surface area contributed by atoms with E-state index in [0.29, 0.717) is 6.54 Å². The Kier molecular flexibility index (Phi) is 5.14. The normalized spacial score (nSPS) is 18.1. The number of halogens is 2. The van der Waals surface area contributed by atoms with Crippen molar-refractivity contribution >= 4 is 29.2 Å². The first-order valence-corrected chi connectivity index (χ1v) is 7.79. The van der Waals surface area contributed by atoms with Gasteiger partial charge in [-0.1, -0.05) is 11.6 Å². The van der Waals surface area contributed by atoms with Crippen LogP contribution in [-0.2, 0) is 9.59 Å². The van der Waals surface area contributed by atoms with Crippen LogP contribution >= 0.6 is 11.6 Å². The molecule has 0 aliphatic carbocycles. The molecule has 2 N–H and O–H groups in total. The van der Waals surface area contributed by atoms with E-state index in [9.17, 15) is 14.0 Å². The number of benzene rings is 1. The van der Waals surface area contributed by atoms with E-state index in [0.717, 1.165) is 18.7 Å². The molecule has 23 heavy (non-hydrogen) atoms. The fourth-order valence-corrected chi connectivity index (χ4v) is 2.72. The molecular weight excluding hydrogens is 323 g/mol. The third-order valence-electron chi connectivity index (χ3n) is 4.00. The summed E-state index contributed by atoms with van der Waals surface area (Å²) in [5.41, 5.74) is -0.286. The van der Waals surface area contributed by atoms with E-state index in [2.05, 4.69) is 5.32 Å². The van der Waals surface area contributed by atoms with Crippen LogP contribution in [0.4, 0.5) is 10.1 Å². The highest BCUT2D eigenvalue weighted by atomic mass is 35.5. The Hall–Kier alpha value is -1.82.